The molecule has 3 rings (SSSR count). The lowest BCUT2D eigenvalue weighted by Crippen LogP contribution is -2.19. The van der Waals surface area contributed by atoms with E-state index >= 15 is 0 Å². The molecule has 110 valence electrons. The summed E-state index contributed by atoms with van der Waals surface area (Å²) in [5.74, 6) is -0.314. The topological polar surface area (TPSA) is 70.1 Å². The molecule has 5 nitrogen and oxygen atoms in total. The van der Waals surface area contributed by atoms with Crippen LogP contribution in [0.1, 0.15) is 22.3 Å². The molecule has 0 aliphatic carbocycles. The SMILES string of the molecule is C/C(=N/NC(=O)c1cc(-c2ccccc2)n[nH]1)c1cccs1. The number of carbonyl (C=O) groups is 1. The second kappa shape index (κ2) is 6.36. The number of H-pyrrole nitrogens is 1. The number of hydrogen-bond acceptors (Lipinski definition) is 4. The van der Waals surface area contributed by atoms with Crippen LogP contribution in [0.25, 0.3) is 11.3 Å². The minimum atomic E-state index is -0.314. The van der Waals surface area contributed by atoms with Crippen LogP contribution < -0.4 is 5.43 Å². The van der Waals surface area contributed by atoms with Gasteiger partial charge in [-0.05, 0) is 24.4 Å². The molecule has 0 fully saturated rings. The molecule has 1 amide bonds. The third kappa shape index (κ3) is 3.12. The Balaban J connectivity index is 1.71. The van der Waals surface area contributed by atoms with Crippen LogP contribution in [-0.4, -0.2) is 21.8 Å². The Morgan fingerprint density at radius 2 is 2.05 bits per heavy atom. The number of amides is 1. The molecule has 0 saturated heterocycles. The summed E-state index contributed by atoms with van der Waals surface area (Å²) in [7, 11) is 0. The van der Waals surface area contributed by atoms with Crippen LogP contribution in [0.4, 0.5) is 0 Å². The van der Waals surface area contributed by atoms with Crippen molar-refractivity contribution in [2.24, 2.45) is 5.10 Å². The molecule has 22 heavy (non-hydrogen) atoms. The summed E-state index contributed by atoms with van der Waals surface area (Å²) < 4.78 is 0. The Kier molecular flexibility index (Phi) is 4.11. The average Bonchev–Trinajstić information content (AvgIpc) is 3.24. The molecule has 0 saturated carbocycles. The molecular formula is C16H14N4OS. The first-order valence-electron chi connectivity index (χ1n) is 6.73. The fourth-order valence-electron chi connectivity index (χ4n) is 1.93. The normalized spacial score (nSPS) is 11.4. The van der Waals surface area contributed by atoms with E-state index in [-0.39, 0.29) is 5.91 Å². The Morgan fingerprint density at radius 1 is 1.23 bits per heavy atom. The number of aromatic amines is 1. The third-order valence-electron chi connectivity index (χ3n) is 3.09. The van der Waals surface area contributed by atoms with Gasteiger partial charge in [-0.2, -0.15) is 10.2 Å². The summed E-state index contributed by atoms with van der Waals surface area (Å²) in [5.41, 5.74) is 5.36. The van der Waals surface area contributed by atoms with E-state index in [2.05, 4.69) is 20.7 Å². The third-order valence-corrected chi connectivity index (χ3v) is 4.07. The van der Waals surface area contributed by atoms with Crippen molar-refractivity contribution < 1.29 is 4.79 Å². The first-order valence-corrected chi connectivity index (χ1v) is 7.61. The molecule has 1 aromatic carbocycles. The van der Waals surface area contributed by atoms with Crippen molar-refractivity contribution in [2.45, 2.75) is 6.92 Å². The monoisotopic (exact) mass is 310 g/mol. The summed E-state index contributed by atoms with van der Waals surface area (Å²) in [6.07, 6.45) is 0. The predicted octanol–water partition coefficient (Wildman–Crippen LogP) is 3.29. The highest BCUT2D eigenvalue weighted by atomic mass is 32.1. The van der Waals surface area contributed by atoms with Crippen molar-refractivity contribution in [1.82, 2.24) is 15.6 Å². The van der Waals surface area contributed by atoms with Crippen LogP contribution in [0.3, 0.4) is 0 Å². The number of rotatable bonds is 4. The summed E-state index contributed by atoms with van der Waals surface area (Å²) in [6.45, 7) is 1.86. The number of hydrazone groups is 1. The van der Waals surface area contributed by atoms with Crippen molar-refractivity contribution >= 4 is 23.0 Å². The lowest BCUT2D eigenvalue weighted by atomic mass is 10.1. The van der Waals surface area contributed by atoms with Crippen molar-refractivity contribution in [3.8, 4) is 11.3 Å². The van der Waals surface area contributed by atoms with Gasteiger partial charge in [0.2, 0.25) is 0 Å². The number of nitrogens with one attached hydrogen (secondary N) is 2. The molecule has 0 aliphatic heterocycles. The van der Waals surface area contributed by atoms with Gasteiger partial charge in [-0.15, -0.1) is 11.3 Å². The van der Waals surface area contributed by atoms with Crippen LogP contribution in [0.15, 0.2) is 59.0 Å². The Hall–Kier alpha value is -2.73. The van der Waals surface area contributed by atoms with Crippen LogP contribution in [0.2, 0.25) is 0 Å². The quantitative estimate of drug-likeness (QED) is 0.573. The lowest BCUT2D eigenvalue weighted by Gasteiger charge is -1.98. The van der Waals surface area contributed by atoms with Crippen molar-refractivity contribution in [3.05, 3.63) is 64.5 Å². The zero-order valence-corrected chi connectivity index (χ0v) is 12.7. The summed E-state index contributed by atoms with van der Waals surface area (Å²) in [5, 5.41) is 13.0. The highest BCUT2D eigenvalue weighted by Gasteiger charge is 2.10. The van der Waals surface area contributed by atoms with Crippen LogP contribution in [0, 0.1) is 0 Å². The largest absolute Gasteiger partial charge is 0.289 e. The Labute approximate surface area is 131 Å². The van der Waals surface area contributed by atoms with Gasteiger partial charge >= 0.3 is 0 Å². The molecule has 0 atom stereocenters. The molecule has 2 N–H and O–H groups in total. The highest BCUT2D eigenvalue weighted by Crippen LogP contribution is 2.16. The zero-order valence-electron chi connectivity index (χ0n) is 11.9. The molecule has 3 aromatic rings. The van der Waals surface area contributed by atoms with Crippen LogP contribution in [0.5, 0.6) is 0 Å². The number of benzene rings is 1. The fourth-order valence-corrected chi connectivity index (χ4v) is 2.61. The van der Waals surface area contributed by atoms with Gasteiger partial charge in [-0.3, -0.25) is 9.89 Å². The van der Waals surface area contributed by atoms with Gasteiger partial charge < -0.3 is 0 Å². The van der Waals surface area contributed by atoms with Crippen LogP contribution >= 0.6 is 11.3 Å². The van der Waals surface area contributed by atoms with Crippen molar-refractivity contribution in [1.29, 1.82) is 0 Å². The molecule has 0 aliphatic rings. The smallest absolute Gasteiger partial charge is 0.272 e. The van der Waals surface area contributed by atoms with E-state index in [4.69, 9.17) is 0 Å². The maximum Gasteiger partial charge on any atom is 0.289 e. The van der Waals surface area contributed by atoms with Crippen molar-refractivity contribution in [2.75, 3.05) is 0 Å². The van der Waals surface area contributed by atoms with Gasteiger partial charge in [0.1, 0.15) is 5.69 Å². The molecule has 0 unspecified atom stereocenters. The number of hydrogen-bond donors (Lipinski definition) is 2. The van der Waals surface area contributed by atoms with E-state index in [0.29, 0.717) is 5.69 Å². The first-order chi connectivity index (χ1) is 10.7. The van der Waals surface area contributed by atoms with E-state index in [9.17, 15) is 4.79 Å². The van der Waals surface area contributed by atoms with Gasteiger partial charge in [0, 0.05) is 10.4 Å². The standard InChI is InChI=1S/C16H14N4OS/c1-11(15-8-5-9-22-15)17-20-16(21)14-10-13(18-19-14)12-6-3-2-4-7-12/h2-10H,1H3,(H,18,19)(H,20,21)/b17-11-. The minimum Gasteiger partial charge on any atom is -0.272 e. The molecule has 0 bridgehead atoms. The molecule has 6 heteroatoms. The van der Waals surface area contributed by atoms with Gasteiger partial charge in [0.05, 0.1) is 11.4 Å². The maximum atomic E-state index is 12.1. The van der Waals surface area contributed by atoms with Gasteiger partial charge in [-0.25, -0.2) is 5.43 Å². The van der Waals surface area contributed by atoms with Crippen LogP contribution in [-0.2, 0) is 0 Å². The molecule has 2 heterocycles. The van der Waals surface area contributed by atoms with Gasteiger partial charge in [0.15, 0.2) is 0 Å². The number of thiophene rings is 1. The second-order valence-electron chi connectivity index (χ2n) is 4.65. The first kappa shape index (κ1) is 14.2. The predicted molar refractivity (Wildman–Crippen MR) is 88.0 cm³/mol. The lowest BCUT2D eigenvalue weighted by molar-refractivity contribution is 0.0950. The van der Waals surface area contributed by atoms with E-state index in [1.807, 2.05) is 54.8 Å². The van der Waals surface area contributed by atoms with E-state index < -0.39 is 0 Å². The average molecular weight is 310 g/mol. The van der Waals surface area contributed by atoms with E-state index in [1.54, 1.807) is 17.4 Å². The number of aromatic nitrogens is 2. The van der Waals surface area contributed by atoms with Gasteiger partial charge in [0.25, 0.3) is 5.91 Å². The number of carbonyl (C=O) groups excluding carboxylic acids is 1. The highest BCUT2D eigenvalue weighted by molar-refractivity contribution is 7.12. The fraction of sp³-hybridized carbons (Fsp3) is 0.0625. The minimum absolute atomic E-state index is 0.314. The van der Waals surface area contributed by atoms with E-state index in [1.165, 1.54) is 0 Å². The molecule has 0 spiro atoms. The summed E-state index contributed by atoms with van der Waals surface area (Å²) >= 11 is 1.58. The summed E-state index contributed by atoms with van der Waals surface area (Å²) in [6, 6.07) is 15.3. The maximum absolute atomic E-state index is 12.1. The molecular weight excluding hydrogens is 296 g/mol. The number of nitrogens with zero attached hydrogens (tertiary/aromatic N) is 2. The Morgan fingerprint density at radius 3 is 2.77 bits per heavy atom. The second-order valence-corrected chi connectivity index (χ2v) is 5.60. The molecule has 0 radical (unpaired) electrons. The summed E-state index contributed by atoms with van der Waals surface area (Å²) in [4.78, 5) is 13.1. The zero-order chi connectivity index (χ0) is 15.4. The van der Waals surface area contributed by atoms with E-state index in [0.717, 1.165) is 21.8 Å². The van der Waals surface area contributed by atoms with Crippen molar-refractivity contribution in [3.63, 3.8) is 0 Å². The van der Waals surface area contributed by atoms with Gasteiger partial charge in [-0.1, -0.05) is 36.4 Å². The molecule has 2 aromatic heterocycles. The Bertz CT molecular complexity index is 791.